The molecule has 1 fully saturated rings. The van der Waals surface area contributed by atoms with Gasteiger partial charge in [0, 0.05) is 19.1 Å². The lowest BCUT2D eigenvalue weighted by Crippen LogP contribution is -2.34. The van der Waals surface area contributed by atoms with E-state index in [4.69, 9.17) is 5.73 Å². The molecule has 1 heterocycles. The molecule has 1 unspecified atom stereocenters. The summed E-state index contributed by atoms with van der Waals surface area (Å²) in [5.41, 5.74) is 7.36. The zero-order chi connectivity index (χ0) is 14.0. The third-order valence-electron chi connectivity index (χ3n) is 3.83. The zero-order valence-electron chi connectivity index (χ0n) is 11.6. The molecule has 0 radical (unpaired) electrons. The first kappa shape index (κ1) is 14.5. The predicted octanol–water partition coefficient (Wildman–Crippen LogP) is 1.88. The number of hydrogen-bond acceptors (Lipinski definition) is 3. The van der Waals surface area contributed by atoms with Gasteiger partial charge in [-0.1, -0.05) is 19.1 Å². The van der Waals surface area contributed by atoms with E-state index in [-0.39, 0.29) is 6.04 Å². The summed E-state index contributed by atoms with van der Waals surface area (Å²) < 4.78 is 27.2. The number of nitrogens with zero attached hydrogens (tertiary/aromatic N) is 1. The van der Waals surface area contributed by atoms with Gasteiger partial charge in [-0.3, -0.25) is 0 Å². The van der Waals surface area contributed by atoms with Crippen molar-refractivity contribution in [1.29, 1.82) is 0 Å². The van der Waals surface area contributed by atoms with Crippen molar-refractivity contribution in [3.8, 4) is 0 Å². The lowest BCUT2D eigenvalue weighted by Gasteiger charge is -2.22. The van der Waals surface area contributed by atoms with Crippen LogP contribution < -0.4 is 5.73 Å². The minimum atomic E-state index is -3.39. The average Bonchev–Trinajstić information content (AvgIpc) is 2.85. The van der Waals surface area contributed by atoms with Crippen LogP contribution in [0.3, 0.4) is 0 Å². The first-order chi connectivity index (χ1) is 9.00. The van der Waals surface area contributed by atoms with E-state index < -0.39 is 10.0 Å². The van der Waals surface area contributed by atoms with Gasteiger partial charge in [-0.05, 0) is 43.4 Å². The standard InChI is InChI=1S/C14H22N2O2S/c1-3-13-7-6-12(10-15)9-14(13)19(17,18)16-8-4-5-11(16)2/h6-7,9,11H,3-5,8,10,15H2,1-2H3. The number of hydrogen-bond donors (Lipinski definition) is 1. The average molecular weight is 282 g/mol. The Morgan fingerprint density at radius 3 is 2.68 bits per heavy atom. The summed E-state index contributed by atoms with van der Waals surface area (Å²) in [5, 5.41) is 0. The van der Waals surface area contributed by atoms with Gasteiger partial charge in [0.15, 0.2) is 0 Å². The van der Waals surface area contributed by atoms with Crippen LogP contribution in [0.1, 0.15) is 37.8 Å². The summed E-state index contributed by atoms with van der Waals surface area (Å²) in [4.78, 5) is 0.437. The number of benzene rings is 1. The van der Waals surface area contributed by atoms with Crippen LogP contribution in [0.2, 0.25) is 0 Å². The molecule has 2 rings (SSSR count). The van der Waals surface area contributed by atoms with Crippen LogP contribution >= 0.6 is 0 Å². The molecule has 0 amide bonds. The SMILES string of the molecule is CCc1ccc(CN)cc1S(=O)(=O)N1CCCC1C. The minimum absolute atomic E-state index is 0.0937. The maximum absolute atomic E-state index is 12.8. The summed E-state index contributed by atoms with van der Waals surface area (Å²) in [7, 11) is -3.39. The Labute approximate surface area is 115 Å². The maximum atomic E-state index is 12.8. The second-order valence-electron chi connectivity index (χ2n) is 5.11. The van der Waals surface area contributed by atoms with E-state index in [1.807, 2.05) is 26.0 Å². The molecule has 0 bridgehead atoms. The quantitative estimate of drug-likeness (QED) is 0.917. The van der Waals surface area contributed by atoms with E-state index in [1.54, 1.807) is 10.4 Å². The van der Waals surface area contributed by atoms with Gasteiger partial charge in [0.2, 0.25) is 10.0 Å². The normalized spacial score (nSPS) is 20.9. The predicted molar refractivity (Wildman–Crippen MR) is 76.3 cm³/mol. The highest BCUT2D eigenvalue weighted by molar-refractivity contribution is 7.89. The lowest BCUT2D eigenvalue weighted by atomic mass is 10.1. The van der Waals surface area contributed by atoms with Crippen molar-refractivity contribution in [2.45, 2.75) is 50.6 Å². The first-order valence-corrected chi connectivity index (χ1v) is 8.28. The van der Waals surface area contributed by atoms with Crippen molar-refractivity contribution in [2.75, 3.05) is 6.54 Å². The highest BCUT2D eigenvalue weighted by atomic mass is 32.2. The summed E-state index contributed by atoms with van der Waals surface area (Å²) >= 11 is 0. The molecule has 1 atom stereocenters. The van der Waals surface area contributed by atoms with E-state index in [0.717, 1.165) is 24.0 Å². The molecule has 1 aromatic carbocycles. The molecule has 19 heavy (non-hydrogen) atoms. The summed E-state index contributed by atoms with van der Waals surface area (Å²) in [6.07, 6.45) is 2.59. The topological polar surface area (TPSA) is 63.4 Å². The van der Waals surface area contributed by atoms with Gasteiger partial charge in [0.1, 0.15) is 0 Å². The molecule has 0 spiro atoms. The van der Waals surface area contributed by atoms with Crippen molar-refractivity contribution in [3.63, 3.8) is 0 Å². The minimum Gasteiger partial charge on any atom is -0.326 e. The fourth-order valence-electron chi connectivity index (χ4n) is 2.65. The third-order valence-corrected chi connectivity index (χ3v) is 5.92. The van der Waals surface area contributed by atoms with Crippen molar-refractivity contribution in [2.24, 2.45) is 5.73 Å². The van der Waals surface area contributed by atoms with Crippen molar-refractivity contribution < 1.29 is 8.42 Å². The summed E-state index contributed by atoms with van der Waals surface area (Å²) in [5.74, 6) is 0. The Morgan fingerprint density at radius 2 is 2.16 bits per heavy atom. The van der Waals surface area contributed by atoms with E-state index in [9.17, 15) is 8.42 Å². The van der Waals surface area contributed by atoms with Gasteiger partial charge in [0.05, 0.1) is 4.90 Å². The molecule has 0 saturated carbocycles. The smallest absolute Gasteiger partial charge is 0.243 e. The molecule has 106 valence electrons. The van der Waals surface area contributed by atoms with Crippen LogP contribution in [-0.4, -0.2) is 25.3 Å². The Balaban J connectivity index is 2.49. The molecule has 0 aliphatic carbocycles. The highest BCUT2D eigenvalue weighted by Crippen LogP contribution is 2.28. The Kier molecular flexibility index (Phi) is 4.28. The monoisotopic (exact) mass is 282 g/mol. The fraction of sp³-hybridized carbons (Fsp3) is 0.571. The molecule has 1 saturated heterocycles. The third kappa shape index (κ3) is 2.68. The fourth-order valence-corrected chi connectivity index (χ4v) is 4.69. The Morgan fingerprint density at radius 1 is 1.42 bits per heavy atom. The molecule has 2 N–H and O–H groups in total. The van der Waals surface area contributed by atoms with Gasteiger partial charge in [-0.2, -0.15) is 4.31 Å². The van der Waals surface area contributed by atoms with Gasteiger partial charge in [0.25, 0.3) is 0 Å². The largest absolute Gasteiger partial charge is 0.326 e. The second-order valence-corrected chi connectivity index (χ2v) is 6.97. The maximum Gasteiger partial charge on any atom is 0.243 e. The van der Waals surface area contributed by atoms with Crippen molar-refractivity contribution in [3.05, 3.63) is 29.3 Å². The van der Waals surface area contributed by atoms with Gasteiger partial charge in [-0.25, -0.2) is 8.42 Å². The van der Waals surface area contributed by atoms with Gasteiger partial charge >= 0.3 is 0 Å². The van der Waals surface area contributed by atoms with E-state index in [2.05, 4.69) is 0 Å². The van der Waals surface area contributed by atoms with Crippen LogP contribution in [0.15, 0.2) is 23.1 Å². The van der Waals surface area contributed by atoms with Crippen LogP contribution in [0.4, 0.5) is 0 Å². The zero-order valence-corrected chi connectivity index (χ0v) is 12.4. The number of aryl methyl sites for hydroxylation is 1. The molecular formula is C14H22N2O2S. The van der Waals surface area contributed by atoms with Crippen molar-refractivity contribution >= 4 is 10.0 Å². The highest BCUT2D eigenvalue weighted by Gasteiger charge is 2.33. The molecule has 1 aromatic rings. The van der Waals surface area contributed by atoms with Gasteiger partial charge in [-0.15, -0.1) is 0 Å². The van der Waals surface area contributed by atoms with E-state index in [1.165, 1.54) is 0 Å². The van der Waals surface area contributed by atoms with Gasteiger partial charge < -0.3 is 5.73 Å². The molecule has 5 heteroatoms. The molecular weight excluding hydrogens is 260 g/mol. The molecule has 1 aliphatic rings. The van der Waals surface area contributed by atoms with Crippen molar-refractivity contribution in [1.82, 2.24) is 4.31 Å². The number of nitrogens with two attached hydrogens (primary N) is 1. The van der Waals surface area contributed by atoms with Crippen LogP contribution in [0.5, 0.6) is 0 Å². The molecule has 0 aromatic heterocycles. The Bertz CT molecular complexity index is 555. The summed E-state index contributed by atoms with van der Waals surface area (Å²) in [6, 6.07) is 5.62. The lowest BCUT2D eigenvalue weighted by molar-refractivity contribution is 0.408. The number of sulfonamides is 1. The first-order valence-electron chi connectivity index (χ1n) is 6.84. The second kappa shape index (κ2) is 5.61. The number of rotatable bonds is 4. The molecule has 1 aliphatic heterocycles. The van der Waals surface area contributed by atoms with Crippen LogP contribution in [-0.2, 0) is 23.0 Å². The Hall–Kier alpha value is -0.910. The van der Waals surface area contributed by atoms with Crippen LogP contribution in [0, 0.1) is 0 Å². The van der Waals surface area contributed by atoms with E-state index in [0.29, 0.717) is 24.4 Å². The van der Waals surface area contributed by atoms with E-state index >= 15 is 0 Å². The van der Waals surface area contributed by atoms with Crippen LogP contribution in [0.25, 0.3) is 0 Å². The summed E-state index contributed by atoms with van der Waals surface area (Å²) in [6.45, 7) is 4.94. The molecule has 4 nitrogen and oxygen atoms in total.